The van der Waals surface area contributed by atoms with E-state index in [1.165, 1.54) is 12.8 Å². The van der Waals surface area contributed by atoms with E-state index in [1.807, 2.05) is 17.0 Å². The lowest BCUT2D eigenvalue weighted by atomic mass is 10.0. The molecule has 0 aliphatic carbocycles. The Bertz CT molecular complexity index is 456. The fourth-order valence-corrected chi connectivity index (χ4v) is 2.62. The minimum atomic E-state index is 0.245. The van der Waals surface area contributed by atoms with Crippen molar-refractivity contribution in [3.05, 3.63) is 24.3 Å². The summed E-state index contributed by atoms with van der Waals surface area (Å²) in [4.78, 5) is 13.7. The maximum absolute atomic E-state index is 11.8. The van der Waals surface area contributed by atoms with Gasteiger partial charge < -0.3 is 10.2 Å². The van der Waals surface area contributed by atoms with Gasteiger partial charge in [0.1, 0.15) is 0 Å². The number of carbonyl (C=O) groups is 1. The topological polar surface area (TPSA) is 32.3 Å². The molecule has 1 N–H and O–H groups in total. The molecular formula is C17H26N2O. The molecule has 0 radical (unpaired) electrons. The van der Waals surface area contributed by atoms with Crippen molar-refractivity contribution in [1.29, 1.82) is 0 Å². The van der Waals surface area contributed by atoms with Crippen molar-refractivity contribution in [2.75, 3.05) is 16.8 Å². The Balaban J connectivity index is 1.97. The average molecular weight is 274 g/mol. The molecular weight excluding hydrogens is 248 g/mol. The molecule has 1 atom stereocenters. The van der Waals surface area contributed by atoms with Gasteiger partial charge in [0.25, 0.3) is 0 Å². The van der Waals surface area contributed by atoms with Crippen molar-refractivity contribution < 1.29 is 4.79 Å². The summed E-state index contributed by atoms with van der Waals surface area (Å²) in [6.45, 7) is 7.58. The average Bonchev–Trinajstić information content (AvgIpc) is 2.83. The van der Waals surface area contributed by atoms with Gasteiger partial charge in [-0.2, -0.15) is 0 Å². The number of hydrogen-bond donors (Lipinski definition) is 1. The van der Waals surface area contributed by atoms with Gasteiger partial charge in [0.05, 0.1) is 0 Å². The van der Waals surface area contributed by atoms with E-state index in [-0.39, 0.29) is 5.91 Å². The van der Waals surface area contributed by atoms with Crippen LogP contribution in [0.3, 0.4) is 0 Å². The van der Waals surface area contributed by atoms with Crippen LogP contribution in [-0.4, -0.2) is 18.5 Å². The van der Waals surface area contributed by atoms with Gasteiger partial charge in [-0.25, -0.2) is 0 Å². The second kappa shape index (κ2) is 6.78. The van der Waals surface area contributed by atoms with Gasteiger partial charge in [0.15, 0.2) is 0 Å². The minimum absolute atomic E-state index is 0.245. The highest BCUT2D eigenvalue weighted by molar-refractivity contribution is 5.95. The van der Waals surface area contributed by atoms with Crippen LogP contribution in [0.4, 0.5) is 11.4 Å². The van der Waals surface area contributed by atoms with Crippen molar-refractivity contribution >= 4 is 17.3 Å². The number of rotatable bonds is 6. The quantitative estimate of drug-likeness (QED) is 0.848. The smallest absolute Gasteiger partial charge is 0.227 e. The molecule has 3 nitrogen and oxygen atoms in total. The summed E-state index contributed by atoms with van der Waals surface area (Å²) in [5.74, 6) is 0.989. The molecule has 1 fully saturated rings. The van der Waals surface area contributed by atoms with Crippen LogP contribution in [0.2, 0.25) is 0 Å². The summed E-state index contributed by atoms with van der Waals surface area (Å²) < 4.78 is 0. The molecule has 0 spiro atoms. The predicted molar refractivity (Wildman–Crippen MR) is 85.2 cm³/mol. The highest BCUT2D eigenvalue weighted by Gasteiger charge is 2.21. The van der Waals surface area contributed by atoms with Gasteiger partial charge in [-0.05, 0) is 50.3 Å². The lowest BCUT2D eigenvalue weighted by molar-refractivity contribution is -0.117. The predicted octanol–water partition coefficient (Wildman–Crippen LogP) is 4.05. The SMILES string of the molecule is CC(C)CCC(C)Nc1cccc(N2CCCC2=O)c1. The van der Waals surface area contributed by atoms with Gasteiger partial charge in [-0.1, -0.05) is 19.9 Å². The first-order chi connectivity index (χ1) is 9.56. The molecule has 0 saturated carbocycles. The van der Waals surface area contributed by atoms with Gasteiger partial charge in [0, 0.05) is 30.4 Å². The van der Waals surface area contributed by atoms with E-state index in [0.29, 0.717) is 12.5 Å². The fourth-order valence-electron chi connectivity index (χ4n) is 2.62. The third-order valence-electron chi connectivity index (χ3n) is 3.82. The monoisotopic (exact) mass is 274 g/mol. The van der Waals surface area contributed by atoms with Gasteiger partial charge in [0.2, 0.25) is 5.91 Å². The fraction of sp³-hybridized carbons (Fsp3) is 0.588. The zero-order valence-electron chi connectivity index (χ0n) is 12.9. The molecule has 1 amide bonds. The summed E-state index contributed by atoms with van der Waals surface area (Å²) >= 11 is 0. The molecule has 20 heavy (non-hydrogen) atoms. The van der Waals surface area contributed by atoms with Gasteiger partial charge in [-0.3, -0.25) is 4.79 Å². The minimum Gasteiger partial charge on any atom is -0.383 e. The van der Waals surface area contributed by atoms with Crippen molar-refractivity contribution in [2.24, 2.45) is 5.92 Å². The molecule has 1 aromatic rings. The van der Waals surface area contributed by atoms with E-state index in [4.69, 9.17) is 0 Å². The first kappa shape index (κ1) is 14.9. The Kier molecular flexibility index (Phi) is 5.05. The zero-order valence-corrected chi connectivity index (χ0v) is 12.9. The third kappa shape index (κ3) is 3.99. The molecule has 1 saturated heterocycles. The van der Waals surface area contributed by atoms with E-state index in [9.17, 15) is 4.79 Å². The number of benzene rings is 1. The summed E-state index contributed by atoms with van der Waals surface area (Å²) in [6.07, 6.45) is 4.06. The number of nitrogens with zero attached hydrogens (tertiary/aromatic N) is 1. The van der Waals surface area contributed by atoms with Gasteiger partial charge in [-0.15, -0.1) is 0 Å². The molecule has 1 aliphatic heterocycles. The molecule has 1 heterocycles. The van der Waals surface area contributed by atoms with Crippen molar-refractivity contribution in [3.8, 4) is 0 Å². The lowest BCUT2D eigenvalue weighted by Crippen LogP contribution is -2.24. The van der Waals surface area contributed by atoms with E-state index in [0.717, 1.165) is 30.3 Å². The first-order valence-corrected chi connectivity index (χ1v) is 7.73. The summed E-state index contributed by atoms with van der Waals surface area (Å²) in [6, 6.07) is 8.68. The summed E-state index contributed by atoms with van der Waals surface area (Å²) in [5.41, 5.74) is 2.13. The van der Waals surface area contributed by atoms with Crippen LogP contribution in [0.25, 0.3) is 0 Å². The van der Waals surface area contributed by atoms with Crippen molar-refractivity contribution in [3.63, 3.8) is 0 Å². The second-order valence-corrected chi connectivity index (χ2v) is 6.22. The van der Waals surface area contributed by atoms with E-state index < -0.39 is 0 Å². The van der Waals surface area contributed by atoms with Crippen LogP contribution in [0, 0.1) is 5.92 Å². The zero-order chi connectivity index (χ0) is 14.5. The maximum atomic E-state index is 11.8. The first-order valence-electron chi connectivity index (χ1n) is 7.73. The lowest BCUT2D eigenvalue weighted by Gasteiger charge is -2.20. The Morgan fingerprint density at radius 3 is 2.70 bits per heavy atom. The number of nitrogens with one attached hydrogen (secondary N) is 1. The number of hydrogen-bond acceptors (Lipinski definition) is 2. The highest BCUT2D eigenvalue weighted by atomic mass is 16.2. The molecule has 1 unspecified atom stereocenters. The van der Waals surface area contributed by atoms with Crippen LogP contribution < -0.4 is 10.2 Å². The second-order valence-electron chi connectivity index (χ2n) is 6.22. The standard InChI is InChI=1S/C17H26N2O/c1-13(2)9-10-14(3)18-15-6-4-7-16(12-15)19-11-5-8-17(19)20/h4,6-7,12-14,18H,5,8-11H2,1-3H3. The van der Waals surface area contributed by atoms with Gasteiger partial charge >= 0.3 is 0 Å². The Morgan fingerprint density at radius 1 is 1.25 bits per heavy atom. The van der Waals surface area contributed by atoms with Crippen LogP contribution in [0.1, 0.15) is 46.5 Å². The van der Waals surface area contributed by atoms with E-state index in [1.54, 1.807) is 0 Å². The van der Waals surface area contributed by atoms with Crippen LogP contribution in [0.5, 0.6) is 0 Å². The molecule has 110 valence electrons. The maximum Gasteiger partial charge on any atom is 0.227 e. The molecule has 3 heteroatoms. The number of amides is 1. The largest absolute Gasteiger partial charge is 0.383 e. The van der Waals surface area contributed by atoms with Crippen molar-refractivity contribution in [1.82, 2.24) is 0 Å². The Labute approximate surface area is 122 Å². The molecule has 1 aromatic carbocycles. The third-order valence-corrected chi connectivity index (χ3v) is 3.82. The van der Waals surface area contributed by atoms with Crippen LogP contribution >= 0.6 is 0 Å². The highest BCUT2D eigenvalue weighted by Crippen LogP contribution is 2.25. The molecule has 2 rings (SSSR count). The molecule has 1 aliphatic rings. The van der Waals surface area contributed by atoms with Crippen molar-refractivity contribution in [2.45, 2.75) is 52.5 Å². The summed E-state index contributed by atoms with van der Waals surface area (Å²) in [7, 11) is 0. The number of anilines is 2. The number of carbonyl (C=O) groups excluding carboxylic acids is 1. The summed E-state index contributed by atoms with van der Waals surface area (Å²) in [5, 5.41) is 3.54. The van der Waals surface area contributed by atoms with E-state index >= 15 is 0 Å². The Morgan fingerprint density at radius 2 is 2.05 bits per heavy atom. The molecule has 0 bridgehead atoms. The van der Waals surface area contributed by atoms with Crippen LogP contribution in [0.15, 0.2) is 24.3 Å². The van der Waals surface area contributed by atoms with Crippen LogP contribution in [-0.2, 0) is 4.79 Å². The van der Waals surface area contributed by atoms with E-state index in [2.05, 4.69) is 38.2 Å². The normalized spacial score (nSPS) is 16.8. The Hall–Kier alpha value is -1.51. The molecule has 0 aromatic heterocycles.